The number of fused-ring (bicyclic) bond motifs is 1. The molecule has 4 aromatic carbocycles. The van der Waals surface area contributed by atoms with E-state index in [0.717, 1.165) is 6.07 Å². The zero-order valence-corrected chi connectivity index (χ0v) is 25.4. The van der Waals surface area contributed by atoms with E-state index < -0.39 is 26.7 Å². The van der Waals surface area contributed by atoms with Gasteiger partial charge in [0.25, 0.3) is 16.0 Å². The number of carbonyl (C=O) groups is 1. The minimum absolute atomic E-state index is 0. The number of carbonyl (C=O) groups excluding carboxylic acids is 1. The minimum atomic E-state index is -4.70. The van der Waals surface area contributed by atoms with Gasteiger partial charge in [0.05, 0.1) is 28.0 Å². The van der Waals surface area contributed by atoms with Crippen molar-refractivity contribution < 1.29 is 57.2 Å². The summed E-state index contributed by atoms with van der Waals surface area (Å²) in [5.41, 5.74) is -0.0627. The largest absolute Gasteiger partial charge is 1.00 e. The summed E-state index contributed by atoms with van der Waals surface area (Å²) in [6, 6.07) is 15.3. The Bertz CT molecular complexity index is 1710. The molecule has 2 N–H and O–H groups in total. The van der Waals surface area contributed by atoms with E-state index in [0.29, 0.717) is 28.7 Å². The number of hydrogen-bond donors (Lipinski definition) is 2. The van der Waals surface area contributed by atoms with Crippen LogP contribution in [0, 0.1) is 6.92 Å². The van der Waals surface area contributed by atoms with Gasteiger partial charge < -0.3 is 15.2 Å². The van der Waals surface area contributed by atoms with Crippen LogP contribution in [-0.4, -0.2) is 25.5 Å². The summed E-state index contributed by atoms with van der Waals surface area (Å²) < 4.78 is 38.7. The first-order valence-corrected chi connectivity index (χ1v) is 13.4. The molecular weight excluding hydrogens is 576 g/mol. The topological polar surface area (TPSA) is 140 Å². The molecule has 0 aliphatic heterocycles. The quantitative estimate of drug-likeness (QED) is 0.189. The standard InChI is InChI=1S/C26H21Cl2N3O6S.Na/c1-3-37-16-9-10-20(19(27)13-16)29-26(33)18-12-15-6-4-5-7-17(15)23(25(18)32)30-31-24-21(38(34,35)36)11-8-14(2)22(24)28;/h4-13,32H,3H2,1-2H3,(H,29,33)(H,34,35,36);/q;+1/p-1. The van der Waals surface area contributed by atoms with E-state index in [1.165, 1.54) is 18.2 Å². The number of nitrogens with one attached hydrogen (secondary N) is 1. The van der Waals surface area contributed by atoms with Crippen molar-refractivity contribution in [3.63, 3.8) is 0 Å². The molecular formula is C26H20Cl2N3NaO6S. The number of benzene rings is 4. The number of azo groups is 1. The third kappa shape index (κ3) is 6.72. The zero-order valence-electron chi connectivity index (χ0n) is 21.0. The number of halogens is 2. The number of rotatable bonds is 7. The fraction of sp³-hybridized carbons (Fsp3) is 0.115. The molecule has 0 bridgehead atoms. The van der Waals surface area contributed by atoms with Crippen LogP contribution in [0.5, 0.6) is 11.5 Å². The molecule has 0 aliphatic carbocycles. The van der Waals surface area contributed by atoms with Gasteiger partial charge in [-0.3, -0.25) is 9.35 Å². The van der Waals surface area contributed by atoms with Crippen molar-refractivity contribution in [2.45, 2.75) is 18.7 Å². The predicted molar refractivity (Wildman–Crippen MR) is 144 cm³/mol. The molecule has 0 spiro atoms. The number of hydrogen-bond acceptors (Lipinski definition) is 7. The molecule has 0 atom stereocenters. The average molecular weight is 596 g/mol. The van der Waals surface area contributed by atoms with E-state index >= 15 is 0 Å². The summed E-state index contributed by atoms with van der Waals surface area (Å²) in [7, 11) is -4.70. The molecule has 0 unspecified atom stereocenters. The van der Waals surface area contributed by atoms with Gasteiger partial charge >= 0.3 is 29.6 Å². The molecule has 4 aromatic rings. The van der Waals surface area contributed by atoms with Crippen molar-refractivity contribution in [3.05, 3.63) is 81.8 Å². The summed E-state index contributed by atoms with van der Waals surface area (Å²) in [5.74, 6) is -0.979. The van der Waals surface area contributed by atoms with Crippen LogP contribution in [-0.2, 0) is 10.1 Å². The zero-order chi connectivity index (χ0) is 27.6. The van der Waals surface area contributed by atoms with Gasteiger partial charge in [-0.1, -0.05) is 59.3 Å². The fourth-order valence-corrected chi connectivity index (χ4v) is 4.77. The first kappa shape index (κ1) is 30.8. The van der Waals surface area contributed by atoms with Gasteiger partial charge in [0.1, 0.15) is 16.3 Å². The second-order valence-electron chi connectivity index (χ2n) is 8.07. The van der Waals surface area contributed by atoms with Gasteiger partial charge in [-0.15, -0.1) is 5.11 Å². The van der Waals surface area contributed by atoms with Gasteiger partial charge in [-0.05, 0) is 49.1 Å². The second kappa shape index (κ2) is 12.6. The summed E-state index contributed by atoms with van der Waals surface area (Å²) >= 11 is 12.5. The van der Waals surface area contributed by atoms with Gasteiger partial charge in [0.2, 0.25) is 0 Å². The van der Waals surface area contributed by atoms with E-state index in [2.05, 4.69) is 15.5 Å². The van der Waals surface area contributed by atoms with Crippen LogP contribution >= 0.6 is 23.2 Å². The normalized spacial score (nSPS) is 11.4. The van der Waals surface area contributed by atoms with Crippen LogP contribution in [0.25, 0.3) is 10.8 Å². The Morgan fingerprint density at radius 1 is 1.05 bits per heavy atom. The van der Waals surface area contributed by atoms with Crippen LogP contribution in [0.3, 0.4) is 0 Å². The predicted octanol–water partition coefficient (Wildman–Crippen LogP) is 3.85. The summed E-state index contributed by atoms with van der Waals surface area (Å²) in [4.78, 5) is 12.6. The molecule has 0 aromatic heterocycles. The van der Waals surface area contributed by atoms with Gasteiger partial charge in [-0.25, -0.2) is 0 Å². The van der Waals surface area contributed by atoms with Crippen LogP contribution in [0.15, 0.2) is 75.8 Å². The molecule has 0 heterocycles. The fourth-order valence-electron chi connectivity index (χ4n) is 3.67. The Kier molecular flexibility index (Phi) is 10.0. The van der Waals surface area contributed by atoms with Crippen molar-refractivity contribution in [1.29, 1.82) is 0 Å². The SMILES string of the molecule is CCOc1ccc(NC(=O)c2cc3ccccc3c(N=Nc3c(S(=O)(=O)O)ccc(C)c3Cl)c2[O-])c(Cl)c1.[Na+]. The molecule has 0 radical (unpaired) electrons. The maximum atomic E-state index is 13.4. The van der Waals surface area contributed by atoms with Crippen molar-refractivity contribution in [2.24, 2.45) is 10.2 Å². The molecule has 0 saturated heterocycles. The molecule has 1 amide bonds. The van der Waals surface area contributed by atoms with Crippen molar-refractivity contribution in [2.75, 3.05) is 11.9 Å². The first-order valence-electron chi connectivity index (χ1n) is 11.2. The number of nitrogens with zero attached hydrogens (tertiary/aromatic N) is 2. The maximum Gasteiger partial charge on any atom is 1.00 e. The molecule has 0 aliphatic rings. The summed E-state index contributed by atoms with van der Waals surface area (Å²) in [5, 5.41) is 25.0. The number of amides is 1. The maximum absolute atomic E-state index is 13.4. The van der Waals surface area contributed by atoms with E-state index in [1.54, 1.807) is 43.3 Å². The van der Waals surface area contributed by atoms with Crippen LogP contribution < -0.4 is 44.7 Å². The third-order valence-electron chi connectivity index (χ3n) is 5.52. The number of anilines is 1. The van der Waals surface area contributed by atoms with E-state index in [4.69, 9.17) is 27.9 Å². The molecule has 9 nitrogen and oxygen atoms in total. The van der Waals surface area contributed by atoms with Crippen LogP contribution in [0.2, 0.25) is 10.0 Å². The minimum Gasteiger partial charge on any atom is -0.870 e. The van der Waals surface area contributed by atoms with Crippen molar-refractivity contribution in [1.82, 2.24) is 0 Å². The van der Waals surface area contributed by atoms with Gasteiger partial charge in [0.15, 0.2) is 0 Å². The van der Waals surface area contributed by atoms with Crippen LogP contribution in [0.1, 0.15) is 22.8 Å². The molecule has 13 heteroatoms. The Hall–Kier alpha value is -2.70. The molecule has 196 valence electrons. The molecule has 4 rings (SSSR count). The molecule has 0 fully saturated rings. The van der Waals surface area contributed by atoms with Crippen molar-refractivity contribution in [3.8, 4) is 11.5 Å². The van der Waals surface area contributed by atoms with Gasteiger partial charge in [-0.2, -0.15) is 13.5 Å². The van der Waals surface area contributed by atoms with E-state index in [-0.39, 0.29) is 62.2 Å². The molecule has 0 saturated carbocycles. The molecule has 39 heavy (non-hydrogen) atoms. The van der Waals surface area contributed by atoms with Gasteiger partial charge in [0, 0.05) is 17.0 Å². The number of aryl methyl sites for hydroxylation is 1. The first-order chi connectivity index (χ1) is 18.0. The Morgan fingerprint density at radius 2 is 1.74 bits per heavy atom. The second-order valence-corrected chi connectivity index (χ2v) is 10.2. The average Bonchev–Trinajstić information content (AvgIpc) is 2.86. The monoisotopic (exact) mass is 595 g/mol. The Balaban J connectivity index is 0.00000420. The van der Waals surface area contributed by atoms with E-state index in [1.807, 2.05) is 6.92 Å². The Morgan fingerprint density at radius 3 is 2.41 bits per heavy atom. The third-order valence-corrected chi connectivity index (χ3v) is 7.20. The summed E-state index contributed by atoms with van der Waals surface area (Å²) in [6.07, 6.45) is 0. The number of ether oxygens (including phenoxy) is 1. The van der Waals surface area contributed by atoms with Crippen molar-refractivity contribution >= 4 is 67.1 Å². The Labute approximate surface area is 256 Å². The summed E-state index contributed by atoms with van der Waals surface area (Å²) in [6.45, 7) is 3.88. The van der Waals surface area contributed by atoms with Crippen LogP contribution in [0.4, 0.5) is 17.1 Å². The van der Waals surface area contributed by atoms with E-state index in [9.17, 15) is 22.9 Å². The smallest absolute Gasteiger partial charge is 0.870 e.